The second-order valence-corrected chi connectivity index (χ2v) is 7.12. The maximum absolute atomic E-state index is 12.8. The van der Waals surface area contributed by atoms with Gasteiger partial charge in [-0.15, -0.1) is 0 Å². The van der Waals surface area contributed by atoms with Gasteiger partial charge in [-0.1, -0.05) is 37.3 Å². The van der Waals surface area contributed by atoms with E-state index >= 15 is 0 Å². The second-order valence-electron chi connectivity index (χ2n) is 5.21. The van der Waals surface area contributed by atoms with Gasteiger partial charge in [0, 0.05) is 18.7 Å². The zero-order valence-corrected chi connectivity index (χ0v) is 13.1. The maximum Gasteiger partial charge on any atom is 0.244 e. The third-order valence-corrected chi connectivity index (χ3v) is 5.91. The normalized spacial score (nSPS) is 17.2. The maximum atomic E-state index is 12.8. The highest BCUT2D eigenvalue weighted by atomic mass is 32.2. The van der Waals surface area contributed by atoms with Crippen molar-refractivity contribution in [1.29, 1.82) is 0 Å². The summed E-state index contributed by atoms with van der Waals surface area (Å²) in [6.07, 6.45) is 2.94. The molecule has 1 heterocycles. The second kappa shape index (κ2) is 7.08. The van der Waals surface area contributed by atoms with Gasteiger partial charge in [0.25, 0.3) is 0 Å². The smallest absolute Gasteiger partial charge is 0.244 e. The van der Waals surface area contributed by atoms with Gasteiger partial charge in [-0.2, -0.15) is 4.31 Å². The van der Waals surface area contributed by atoms with Crippen molar-refractivity contribution < 1.29 is 13.5 Å². The molecule has 0 aliphatic carbocycles. The minimum absolute atomic E-state index is 0.237. The van der Waals surface area contributed by atoms with Crippen LogP contribution in [0.3, 0.4) is 0 Å². The molecule has 1 saturated heterocycles. The van der Waals surface area contributed by atoms with Crippen LogP contribution in [0.25, 0.3) is 0 Å². The van der Waals surface area contributed by atoms with Gasteiger partial charge in [-0.25, -0.2) is 8.42 Å². The Balaban J connectivity index is 2.28. The summed E-state index contributed by atoms with van der Waals surface area (Å²) in [5.41, 5.74) is 0.448. The van der Waals surface area contributed by atoms with E-state index in [1.807, 2.05) is 0 Å². The highest BCUT2D eigenvalue weighted by molar-refractivity contribution is 7.89. The molecule has 0 spiro atoms. The van der Waals surface area contributed by atoms with Crippen LogP contribution in [0.4, 0.5) is 0 Å². The van der Waals surface area contributed by atoms with Gasteiger partial charge in [0.2, 0.25) is 10.0 Å². The Morgan fingerprint density at radius 1 is 1.29 bits per heavy atom. The Labute approximate surface area is 126 Å². The Kier molecular flexibility index (Phi) is 5.40. The number of nitrogens with zero attached hydrogens (tertiary/aromatic N) is 1. The van der Waals surface area contributed by atoms with E-state index in [9.17, 15) is 8.42 Å². The molecule has 0 aromatic heterocycles. The molecule has 0 saturated carbocycles. The molecule has 0 atom stereocenters. The lowest BCUT2D eigenvalue weighted by atomic mass is 9.96. The summed E-state index contributed by atoms with van der Waals surface area (Å²) in [7, 11) is -3.51. The molecule has 1 aromatic rings. The van der Waals surface area contributed by atoms with Gasteiger partial charge in [0.1, 0.15) is 6.61 Å². The van der Waals surface area contributed by atoms with Crippen molar-refractivity contribution in [2.75, 3.05) is 19.7 Å². The number of aliphatic hydroxyl groups excluding tert-OH is 1. The van der Waals surface area contributed by atoms with E-state index in [2.05, 4.69) is 18.8 Å². The zero-order chi connectivity index (χ0) is 15.3. The molecule has 1 aliphatic rings. The zero-order valence-electron chi connectivity index (χ0n) is 12.2. The van der Waals surface area contributed by atoms with E-state index in [4.69, 9.17) is 5.11 Å². The van der Waals surface area contributed by atoms with Crippen LogP contribution in [0.2, 0.25) is 0 Å². The fourth-order valence-electron chi connectivity index (χ4n) is 2.63. The third-order valence-electron chi connectivity index (χ3n) is 3.96. The Hall–Kier alpha value is -1.35. The molecular weight excluding hydrogens is 286 g/mol. The topological polar surface area (TPSA) is 57.6 Å². The number of piperidine rings is 1. The predicted octanol–water partition coefficient (Wildman–Crippen LogP) is 1.84. The fraction of sp³-hybridized carbons (Fsp3) is 0.500. The van der Waals surface area contributed by atoms with Crippen LogP contribution < -0.4 is 0 Å². The average molecular weight is 307 g/mol. The first kappa shape index (κ1) is 16.0. The molecule has 114 valence electrons. The molecule has 1 fully saturated rings. The lowest BCUT2D eigenvalue weighted by Gasteiger charge is -2.30. The van der Waals surface area contributed by atoms with Gasteiger partial charge >= 0.3 is 0 Å². The molecule has 5 heteroatoms. The molecule has 1 N–H and O–H groups in total. The van der Waals surface area contributed by atoms with Crippen molar-refractivity contribution in [1.82, 2.24) is 4.31 Å². The lowest BCUT2D eigenvalue weighted by molar-refractivity contribution is 0.269. The van der Waals surface area contributed by atoms with Crippen LogP contribution in [0, 0.1) is 17.8 Å². The summed E-state index contributed by atoms with van der Waals surface area (Å²) in [6.45, 7) is 3.01. The SMILES string of the molecule is CCC1CCN(S(=O)(=O)c2ccccc2C#CCO)CC1. The molecule has 2 rings (SSSR count). The van der Waals surface area contributed by atoms with Crippen LogP contribution >= 0.6 is 0 Å². The van der Waals surface area contributed by atoms with E-state index in [0.717, 1.165) is 19.3 Å². The van der Waals surface area contributed by atoms with Gasteiger partial charge in [0.05, 0.1) is 4.90 Å². The largest absolute Gasteiger partial charge is 0.384 e. The summed E-state index contributed by atoms with van der Waals surface area (Å²) in [4.78, 5) is 0.237. The third kappa shape index (κ3) is 3.65. The molecule has 21 heavy (non-hydrogen) atoms. The number of hydrogen-bond donors (Lipinski definition) is 1. The fourth-order valence-corrected chi connectivity index (χ4v) is 4.24. The van der Waals surface area contributed by atoms with Gasteiger partial charge in [0.15, 0.2) is 0 Å². The van der Waals surface area contributed by atoms with Crippen molar-refractivity contribution in [3.8, 4) is 11.8 Å². The van der Waals surface area contributed by atoms with E-state index in [0.29, 0.717) is 24.6 Å². The first-order valence-corrected chi connectivity index (χ1v) is 8.72. The van der Waals surface area contributed by atoms with Crippen molar-refractivity contribution in [2.45, 2.75) is 31.1 Å². The number of benzene rings is 1. The van der Waals surface area contributed by atoms with Gasteiger partial charge in [-0.05, 0) is 30.9 Å². The number of aliphatic hydroxyl groups is 1. The minimum Gasteiger partial charge on any atom is -0.384 e. The Morgan fingerprint density at radius 2 is 1.95 bits per heavy atom. The van der Waals surface area contributed by atoms with Crippen molar-refractivity contribution in [2.24, 2.45) is 5.92 Å². The van der Waals surface area contributed by atoms with Crippen molar-refractivity contribution in [3.05, 3.63) is 29.8 Å². The molecule has 1 aromatic carbocycles. The number of sulfonamides is 1. The van der Waals surface area contributed by atoms with E-state index in [-0.39, 0.29) is 11.5 Å². The predicted molar refractivity (Wildman–Crippen MR) is 82.2 cm³/mol. The van der Waals surface area contributed by atoms with Crippen molar-refractivity contribution >= 4 is 10.0 Å². The quantitative estimate of drug-likeness (QED) is 0.867. The van der Waals surface area contributed by atoms with E-state index in [1.54, 1.807) is 28.6 Å². The van der Waals surface area contributed by atoms with Crippen LogP contribution in [-0.2, 0) is 10.0 Å². The summed E-state index contributed by atoms with van der Waals surface area (Å²) in [5, 5.41) is 8.79. The highest BCUT2D eigenvalue weighted by Gasteiger charge is 2.30. The Morgan fingerprint density at radius 3 is 2.57 bits per heavy atom. The van der Waals surface area contributed by atoms with E-state index in [1.165, 1.54) is 0 Å². The summed E-state index contributed by atoms with van der Waals surface area (Å²) >= 11 is 0. The summed E-state index contributed by atoms with van der Waals surface area (Å²) < 4.78 is 27.1. The molecule has 4 nitrogen and oxygen atoms in total. The summed E-state index contributed by atoms with van der Waals surface area (Å²) in [6, 6.07) is 6.72. The standard InChI is InChI=1S/C16H21NO3S/c1-2-14-9-11-17(12-10-14)21(19,20)16-8-4-3-6-15(16)7-5-13-18/h3-4,6,8,14,18H,2,9-13H2,1H3. The monoisotopic (exact) mass is 307 g/mol. The first-order valence-electron chi connectivity index (χ1n) is 7.28. The number of hydrogen-bond acceptors (Lipinski definition) is 3. The Bertz CT molecular complexity index is 635. The molecule has 0 bridgehead atoms. The molecule has 0 unspecified atom stereocenters. The molecule has 1 aliphatic heterocycles. The van der Waals surface area contributed by atoms with Crippen LogP contribution in [0.5, 0.6) is 0 Å². The van der Waals surface area contributed by atoms with E-state index < -0.39 is 10.0 Å². The molecular formula is C16H21NO3S. The number of rotatable bonds is 3. The lowest BCUT2D eigenvalue weighted by Crippen LogP contribution is -2.38. The first-order chi connectivity index (χ1) is 10.1. The van der Waals surface area contributed by atoms with Gasteiger partial charge in [-0.3, -0.25) is 0 Å². The van der Waals surface area contributed by atoms with Gasteiger partial charge < -0.3 is 5.11 Å². The highest BCUT2D eigenvalue weighted by Crippen LogP contribution is 2.26. The van der Waals surface area contributed by atoms with Crippen molar-refractivity contribution in [3.63, 3.8) is 0 Å². The summed E-state index contributed by atoms with van der Waals surface area (Å²) in [5.74, 6) is 5.87. The van der Waals surface area contributed by atoms with Crippen LogP contribution in [0.1, 0.15) is 31.7 Å². The van der Waals surface area contributed by atoms with Crippen LogP contribution in [0.15, 0.2) is 29.2 Å². The van der Waals surface area contributed by atoms with Crippen LogP contribution in [-0.4, -0.2) is 37.5 Å². The molecule has 0 amide bonds. The average Bonchev–Trinajstić information content (AvgIpc) is 2.53. The molecule has 0 radical (unpaired) electrons. The minimum atomic E-state index is -3.51.